The minimum Gasteiger partial charge on any atom is -0.360 e. The Bertz CT molecular complexity index is 381. The van der Waals surface area contributed by atoms with Crippen molar-refractivity contribution in [2.45, 2.75) is 12.0 Å². The Labute approximate surface area is 90.5 Å². The lowest BCUT2D eigenvalue weighted by molar-refractivity contribution is -0.230. The zero-order chi connectivity index (χ0) is 11.1. The molecule has 0 radical (unpaired) electrons. The molecule has 0 bridgehead atoms. The van der Waals surface area contributed by atoms with Crippen LogP contribution in [0.4, 0.5) is 0 Å². The highest BCUT2D eigenvalue weighted by Crippen LogP contribution is 2.32. The molecule has 0 spiro atoms. The van der Waals surface area contributed by atoms with E-state index in [2.05, 4.69) is 14.6 Å². The molecule has 82 valence electrons. The average molecular weight is 227 g/mol. The summed E-state index contributed by atoms with van der Waals surface area (Å²) in [7, 11) is 4.27. The minimum absolute atomic E-state index is 0.128. The van der Waals surface area contributed by atoms with Gasteiger partial charge in [0, 0.05) is 11.1 Å². The second-order valence-electron chi connectivity index (χ2n) is 3.61. The molecule has 0 amide bonds. The normalized spacial score (nSPS) is 23.6. The summed E-state index contributed by atoms with van der Waals surface area (Å²) in [6.07, 6.45) is -0.284. The molecular weight excluding hydrogens is 213 g/mol. The molecule has 0 saturated heterocycles. The fourth-order valence-electron chi connectivity index (χ4n) is 1.87. The SMILES string of the molecule is CNC1OCC(O)(O)c2c(P)cccc21. The Morgan fingerprint density at radius 3 is 2.93 bits per heavy atom. The number of rotatable bonds is 1. The third-order valence-electron chi connectivity index (χ3n) is 2.53. The van der Waals surface area contributed by atoms with Crippen LogP contribution >= 0.6 is 9.24 Å². The van der Waals surface area contributed by atoms with Crippen LogP contribution in [-0.4, -0.2) is 23.9 Å². The van der Waals surface area contributed by atoms with E-state index in [-0.39, 0.29) is 12.8 Å². The smallest absolute Gasteiger partial charge is 0.215 e. The molecule has 0 aromatic heterocycles. The van der Waals surface area contributed by atoms with E-state index >= 15 is 0 Å². The van der Waals surface area contributed by atoms with E-state index in [4.69, 9.17) is 4.74 Å². The Hall–Kier alpha value is -0.510. The van der Waals surface area contributed by atoms with E-state index in [1.807, 2.05) is 18.2 Å². The first-order chi connectivity index (χ1) is 7.06. The molecule has 2 rings (SSSR count). The summed E-state index contributed by atoms with van der Waals surface area (Å²) >= 11 is 0. The number of aliphatic hydroxyl groups is 2. The molecule has 1 aliphatic rings. The van der Waals surface area contributed by atoms with Crippen molar-refractivity contribution in [1.82, 2.24) is 5.32 Å². The first-order valence-electron chi connectivity index (χ1n) is 4.69. The van der Waals surface area contributed by atoms with Crippen LogP contribution in [0.5, 0.6) is 0 Å². The number of hydrogen-bond acceptors (Lipinski definition) is 4. The minimum atomic E-state index is -1.90. The van der Waals surface area contributed by atoms with E-state index in [1.54, 1.807) is 7.05 Å². The Morgan fingerprint density at radius 1 is 1.53 bits per heavy atom. The van der Waals surface area contributed by atoms with Gasteiger partial charge in [0.05, 0.1) is 0 Å². The van der Waals surface area contributed by atoms with Gasteiger partial charge < -0.3 is 14.9 Å². The third-order valence-corrected chi connectivity index (χ3v) is 3.01. The molecule has 3 N–H and O–H groups in total. The van der Waals surface area contributed by atoms with Crippen molar-refractivity contribution in [3.05, 3.63) is 29.3 Å². The van der Waals surface area contributed by atoms with Crippen LogP contribution in [0.25, 0.3) is 0 Å². The summed E-state index contributed by atoms with van der Waals surface area (Å²) in [5, 5.41) is 23.4. The van der Waals surface area contributed by atoms with Gasteiger partial charge in [-0.3, -0.25) is 5.32 Å². The molecule has 0 saturated carbocycles. The maximum absolute atomic E-state index is 9.81. The summed E-state index contributed by atoms with van der Waals surface area (Å²) in [6.45, 7) is -0.128. The molecule has 0 fully saturated rings. The second-order valence-corrected chi connectivity index (χ2v) is 4.23. The van der Waals surface area contributed by atoms with Gasteiger partial charge in [-0.2, -0.15) is 0 Å². The van der Waals surface area contributed by atoms with E-state index < -0.39 is 5.79 Å². The van der Waals surface area contributed by atoms with Gasteiger partial charge in [0.1, 0.15) is 12.8 Å². The van der Waals surface area contributed by atoms with Crippen LogP contribution in [0.3, 0.4) is 0 Å². The fourth-order valence-corrected chi connectivity index (χ4v) is 2.38. The molecule has 5 heteroatoms. The van der Waals surface area contributed by atoms with Crippen molar-refractivity contribution in [3.63, 3.8) is 0 Å². The van der Waals surface area contributed by atoms with Crippen molar-refractivity contribution in [2.24, 2.45) is 0 Å². The number of hydrogen-bond donors (Lipinski definition) is 3. The Morgan fingerprint density at radius 2 is 2.27 bits per heavy atom. The van der Waals surface area contributed by atoms with Crippen LogP contribution in [0, 0.1) is 0 Å². The van der Waals surface area contributed by atoms with Crippen LogP contribution in [0.1, 0.15) is 17.4 Å². The number of fused-ring (bicyclic) bond motifs is 1. The summed E-state index contributed by atoms with van der Waals surface area (Å²) in [6, 6.07) is 5.50. The number of ether oxygens (including phenoxy) is 1. The molecule has 1 aromatic carbocycles. The van der Waals surface area contributed by atoms with Gasteiger partial charge in [-0.1, -0.05) is 18.2 Å². The summed E-state index contributed by atoms with van der Waals surface area (Å²) in [5.74, 6) is -1.90. The summed E-state index contributed by atoms with van der Waals surface area (Å²) < 4.78 is 5.30. The first kappa shape index (κ1) is 11.0. The molecule has 1 heterocycles. The molecule has 1 aromatic rings. The van der Waals surface area contributed by atoms with Gasteiger partial charge in [0.15, 0.2) is 0 Å². The third kappa shape index (κ3) is 1.80. The van der Waals surface area contributed by atoms with Gasteiger partial charge in [-0.15, -0.1) is 9.24 Å². The highest BCUT2D eigenvalue weighted by Gasteiger charge is 2.38. The quantitative estimate of drug-likeness (QED) is 0.450. The van der Waals surface area contributed by atoms with Crippen molar-refractivity contribution in [1.29, 1.82) is 0 Å². The topological polar surface area (TPSA) is 61.7 Å². The standard InChI is InChI=1S/C10H14NO3P/c1-11-9-6-3-2-4-7(15)8(6)10(12,13)5-14-9/h2-4,9,11-13H,5,15H2,1H3. The average Bonchev–Trinajstić information content (AvgIpc) is 2.17. The zero-order valence-electron chi connectivity index (χ0n) is 8.40. The largest absolute Gasteiger partial charge is 0.360 e. The van der Waals surface area contributed by atoms with Gasteiger partial charge >= 0.3 is 0 Å². The maximum atomic E-state index is 9.81. The van der Waals surface area contributed by atoms with Crippen molar-refractivity contribution < 1.29 is 14.9 Å². The van der Waals surface area contributed by atoms with Gasteiger partial charge in [0.25, 0.3) is 0 Å². The molecule has 2 unspecified atom stereocenters. The summed E-state index contributed by atoms with van der Waals surface area (Å²) in [4.78, 5) is 0. The predicted molar refractivity (Wildman–Crippen MR) is 59.7 cm³/mol. The van der Waals surface area contributed by atoms with Gasteiger partial charge in [-0.05, 0) is 12.4 Å². The number of nitrogens with one attached hydrogen (secondary N) is 1. The van der Waals surface area contributed by atoms with Crippen molar-refractivity contribution in [2.75, 3.05) is 13.7 Å². The van der Waals surface area contributed by atoms with Crippen LogP contribution in [0.2, 0.25) is 0 Å². The first-order valence-corrected chi connectivity index (χ1v) is 5.26. The fraction of sp³-hybridized carbons (Fsp3) is 0.400. The van der Waals surface area contributed by atoms with Crippen LogP contribution in [-0.2, 0) is 10.5 Å². The Balaban J connectivity index is 2.58. The Kier molecular flexibility index (Phi) is 2.79. The summed E-state index contributed by atoms with van der Waals surface area (Å²) in [5.41, 5.74) is 1.28. The monoisotopic (exact) mass is 227 g/mol. The van der Waals surface area contributed by atoms with E-state index in [9.17, 15) is 10.2 Å². The molecular formula is C10H14NO3P. The lowest BCUT2D eigenvalue weighted by Gasteiger charge is -2.35. The maximum Gasteiger partial charge on any atom is 0.215 e. The van der Waals surface area contributed by atoms with E-state index in [0.717, 1.165) is 10.9 Å². The van der Waals surface area contributed by atoms with Gasteiger partial charge in [-0.25, -0.2) is 0 Å². The second kappa shape index (κ2) is 3.81. The van der Waals surface area contributed by atoms with Gasteiger partial charge in [0.2, 0.25) is 5.79 Å². The molecule has 1 aliphatic heterocycles. The highest BCUT2D eigenvalue weighted by atomic mass is 31.0. The molecule has 2 atom stereocenters. The van der Waals surface area contributed by atoms with E-state index in [0.29, 0.717) is 5.56 Å². The zero-order valence-corrected chi connectivity index (χ0v) is 9.55. The molecule has 0 aliphatic carbocycles. The highest BCUT2D eigenvalue weighted by molar-refractivity contribution is 7.27. The van der Waals surface area contributed by atoms with Crippen molar-refractivity contribution in [3.8, 4) is 0 Å². The number of benzene rings is 1. The lowest BCUT2D eigenvalue weighted by atomic mass is 9.96. The van der Waals surface area contributed by atoms with Crippen LogP contribution < -0.4 is 10.6 Å². The van der Waals surface area contributed by atoms with Crippen LogP contribution in [0.15, 0.2) is 18.2 Å². The lowest BCUT2D eigenvalue weighted by Crippen LogP contribution is -2.43. The molecule has 4 nitrogen and oxygen atoms in total. The predicted octanol–water partition coefficient (Wildman–Crippen LogP) is -0.427. The van der Waals surface area contributed by atoms with E-state index in [1.165, 1.54) is 0 Å². The molecule has 15 heavy (non-hydrogen) atoms. The van der Waals surface area contributed by atoms with Crippen molar-refractivity contribution >= 4 is 14.5 Å².